The van der Waals surface area contributed by atoms with Gasteiger partial charge in [-0.15, -0.1) is 0 Å². The van der Waals surface area contributed by atoms with Crippen molar-refractivity contribution in [2.45, 2.75) is 39.2 Å². The lowest BCUT2D eigenvalue weighted by Gasteiger charge is -2.36. The number of benzene rings is 1. The van der Waals surface area contributed by atoms with Crippen LogP contribution in [0, 0.1) is 5.41 Å². The van der Waals surface area contributed by atoms with Crippen molar-refractivity contribution in [1.29, 1.82) is 0 Å². The van der Waals surface area contributed by atoms with Crippen molar-refractivity contribution in [1.82, 2.24) is 19.0 Å². The van der Waals surface area contributed by atoms with Gasteiger partial charge in [-0.05, 0) is 30.7 Å². The minimum atomic E-state index is -3.46. The van der Waals surface area contributed by atoms with Crippen LogP contribution < -0.4 is 9.62 Å². The number of anilines is 1. The van der Waals surface area contributed by atoms with Crippen LogP contribution in [-0.4, -0.2) is 54.9 Å². The third-order valence-electron chi connectivity index (χ3n) is 5.91. The first kappa shape index (κ1) is 20.3. The van der Waals surface area contributed by atoms with Crippen molar-refractivity contribution in [2.24, 2.45) is 5.41 Å². The highest BCUT2D eigenvalue weighted by molar-refractivity contribution is 7.87. The minimum absolute atomic E-state index is 0.126. The molecule has 2 aliphatic heterocycles. The fourth-order valence-corrected chi connectivity index (χ4v) is 5.35. The molecule has 4 rings (SSSR count). The van der Waals surface area contributed by atoms with Gasteiger partial charge in [0.25, 0.3) is 10.2 Å². The highest BCUT2D eigenvalue weighted by Crippen LogP contribution is 2.31. The Morgan fingerprint density at radius 1 is 1.07 bits per heavy atom. The molecule has 1 unspecified atom stereocenters. The number of nitrogens with zero attached hydrogens (tertiary/aromatic N) is 4. The van der Waals surface area contributed by atoms with Crippen molar-refractivity contribution in [3.05, 3.63) is 42.6 Å². The largest absolute Gasteiger partial charge is 0.339 e. The molecule has 0 saturated carbocycles. The summed E-state index contributed by atoms with van der Waals surface area (Å²) in [5, 5.41) is 0. The van der Waals surface area contributed by atoms with Crippen molar-refractivity contribution in [3.8, 4) is 11.3 Å². The molecule has 0 bridgehead atoms. The maximum Gasteiger partial charge on any atom is 0.279 e. The Morgan fingerprint density at radius 3 is 2.52 bits per heavy atom. The molecule has 2 fully saturated rings. The summed E-state index contributed by atoms with van der Waals surface area (Å²) in [5.41, 5.74) is 2.13. The molecular weight excluding hydrogens is 386 g/mol. The summed E-state index contributed by atoms with van der Waals surface area (Å²) in [4.78, 5) is 11.2. The van der Waals surface area contributed by atoms with Crippen molar-refractivity contribution in [2.75, 3.05) is 31.1 Å². The molecule has 2 aliphatic rings. The van der Waals surface area contributed by atoms with E-state index in [4.69, 9.17) is 0 Å². The minimum Gasteiger partial charge on any atom is -0.339 e. The van der Waals surface area contributed by atoms with Crippen LogP contribution in [0.15, 0.2) is 42.6 Å². The van der Waals surface area contributed by atoms with Gasteiger partial charge in [0.2, 0.25) is 5.95 Å². The van der Waals surface area contributed by atoms with E-state index in [1.54, 1.807) is 10.5 Å². The Kier molecular flexibility index (Phi) is 5.59. The van der Waals surface area contributed by atoms with Crippen LogP contribution in [0.3, 0.4) is 0 Å². The van der Waals surface area contributed by atoms with Crippen LogP contribution in [0.2, 0.25) is 0 Å². The highest BCUT2D eigenvalue weighted by atomic mass is 32.2. The molecule has 2 aromatic rings. The molecule has 8 heteroatoms. The molecule has 1 aromatic heterocycles. The topological polar surface area (TPSA) is 78.4 Å². The molecule has 2 saturated heterocycles. The van der Waals surface area contributed by atoms with Gasteiger partial charge in [-0.1, -0.05) is 44.2 Å². The maximum atomic E-state index is 12.8. The van der Waals surface area contributed by atoms with Gasteiger partial charge in [0.1, 0.15) is 0 Å². The number of aromatic nitrogens is 2. The fraction of sp³-hybridized carbons (Fsp3) is 0.524. The second-order valence-electron chi connectivity index (χ2n) is 8.73. The smallest absolute Gasteiger partial charge is 0.279 e. The summed E-state index contributed by atoms with van der Waals surface area (Å²) in [6.07, 6.45) is 4.30. The second-order valence-corrected chi connectivity index (χ2v) is 10.4. The first-order valence-corrected chi connectivity index (χ1v) is 11.7. The second kappa shape index (κ2) is 8.01. The van der Waals surface area contributed by atoms with Gasteiger partial charge >= 0.3 is 0 Å². The SMILES string of the molecule is CC1(C)CCN(S(=O)(=O)NC2CCN(c3nccc(-c4ccccc4)n3)C2)CC1. The van der Waals surface area contributed by atoms with Crippen molar-refractivity contribution in [3.63, 3.8) is 0 Å². The number of piperidine rings is 1. The average Bonchev–Trinajstić information content (AvgIpc) is 3.16. The van der Waals surface area contributed by atoms with E-state index in [1.807, 2.05) is 36.4 Å². The highest BCUT2D eigenvalue weighted by Gasteiger charge is 2.35. The molecule has 156 valence electrons. The van der Waals surface area contributed by atoms with E-state index in [-0.39, 0.29) is 11.5 Å². The number of hydrogen-bond acceptors (Lipinski definition) is 5. The maximum absolute atomic E-state index is 12.8. The van der Waals surface area contributed by atoms with Gasteiger partial charge < -0.3 is 4.90 Å². The molecular formula is C21H29N5O2S. The lowest BCUT2D eigenvalue weighted by molar-refractivity contribution is 0.194. The Morgan fingerprint density at radius 2 is 1.79 bits per heavy atom. The zero-order chi connectivity index (χ0) is 20.5. The van der Waals surface area contributed by atoms with Gasteiger partial charge in [0, 0.05) is 44.0 Å². The molecule has 29 heavy (non-hydrogen) atoms. The molecule has 1 atom stereocenters. The number of nitrogens with one attached hydrogen (secondary N) is 1. The molecule has 7 nitrogen and oxygen atoms in total. The lowest BCUT2D eigenvalue weighted by atomic mass is 9.83. The third kappa shape index (κ3) is 4.76. The molecule has 1 N–H and O–H groups in total. The molecule has 0 amide bonds. The summed E-state index contributed by atoms with van der Waals surface area (Å²) >= 11 is 0. The van der Waals surface area contributed by atoms with Crippen LogP contribution in [0.1, 0.15) is 33.1 Å². The average molecular weight is 416 g/mol. The molecule has 0 radical (unpaired) electrons. The van der Waals surface area contributed by atoms with Crippen molar-refractivity contribution < 1.29 is 8.42 Å². The zero-order valence-corrected chi connectivity index (χ0v) is 17.9. The summed E-state index contributed by atoms with van der Waals surface area (Å²) in [6, 6.07) is 11.8. The summed E-state index contributed by atoms with van der Waals surface area (Å²) in [6.45, 7) is 6.88. The predicted molar refractivity (Wildman–Crippen MR) is 115 cm³/mol. The van der Waals surface area contributed by atoms with Crippen molar-refractivity contribution >= 4 is 16.2 Å². The Balaban J connectivity index is 1.40. The van der Waals surface area contributed by atoms with Gasteiger partial charge in [-0.2, -0.15) is 17.4 Å². The Labute approximate surface area is 173 Å². The summed E-state index contributed by atoms with van der Waals surface area (Å²) in [7, 11) is -3.46. The van der Waals surface area contributed by atoms with Crippen LogP contribution in [-0.2, 0) is 10.2 Å². The van der Waals surface area contributed by atoms with Crippen LogP contribution in [0.25, 0.3) is 11.3 Å². The van der Waals surface area contributed by atoms with Crippen LogP contribution in [0.4, 0.5) is 5.95 Å². The number of hydrogen-bond donors (Lipinski definition) is 1. The number of rotatable bonds is 5. The first-order valence-electron chi connectivity index (χ1n) is 10.2. The third-order valence-corrected chi connectivity index (χ3v) is 7.59. The summed E-state index contributed by atoms with van der Waals surface area (Å²) < 4.78 is 30.1. The Bertz CT molecular complexity index is 939. The van der Waals surface area contributed by atoms with E-state index in [0.29, 0.717) is 25.6 Å². The van der Waals surface area contributed by atoms with Gasteiger partial charge in [0.15, 0.2) is 0 Å². The lowest BCUT2D eigenvalue weighted by Crippen LogP contribution is -2.50. The van der Waals surface area contributed by atoms with E-state index in [0.717, 1.165) is 37.1 Å². The standard InChI is InChI=1S/C21H29N5O2S/c1-21(2)10-14-26(15-11-21)29(27,28)24-18-9-13-25(16-18)20-22-12-8-19(23-20)17-6-4-3-5-7-17/h3-8,12,18,24H,9-11,13-16H2,1-2H3. The van der Waals surface area contributed by atoms with Gasteiger partial charge in [-0.25, -0.2) is 9.97 Å². The van der Waals surface area contributed by atoms with E-state index >= 15 is 0 Å². The molecule has 3 heterocycles. The van der Waals surface area contributed by atoms with Gasteiger partial charge in [-0.3, -0.25) is 0 Å². The summed E-state index contributed by atoms with van der Waals surface area (Å²) in [5.74, 6) is 0.646. The normalized spacial score (nSPS) is 22.7. The zero-order valence-electron chi connectivity index (χ0n) is 17.1. The molecule has 1 aromatic carbocycles. The van der Waals surface area contributed by atoms with Crippen LogP contribution in [0.5, 0.6) is 0 Å². The molecule has 0 spiro atoms. The molecule has 0 aliphatic carbocycles. The monoisotopic (exact) mass is 415 g/mol. The van der Waals surface area contributed by atoms with E-state index in [9.17, 15) is 8.42 Å². The van der Waals surface area contributed by atoms with E-state index in [1.165, 1.54) is 0 Å². The van der Waals surface area contributed by atoms with E-state index < -0.39 is 10.2 Å². The first-order chi connectivity index (χ1) is 13.8. The van der Waals surface area contributed by atoms with Crippen LogP contribution >= 0.6 is 0 Å². The predicted octanol–water partition coefficient (Wildman–Crippen LogP) is 2.68. The Hall–Kier alpha value is -2.03. The van der Waals surface area contributed by atoms with E-state index in [2.05, 4.69) is 33.4 Å². The van der Waals surface area contributed by atoms with Gasteiger partial charge in [0.05, 0.1) is 5.69 Å². The fourth-order valence-electron chi connectivity index (χ4n) is 3.93. The quantitative estimate of drug-likeness (QED) is 0.812.